The molecule has 0 amide bonds. The third-order valence-corrected chi connectivity index (χ3v) is 8.40. The Morgan fingerprint density at radius 3 is 2.09 bits per heavy atom. The molecule has 4 heterocycles. The van der Waals surface area contributed by atoms with Gasteiger partial charge in [0.1, 0.15) is 6.61 Å². The molecule has 202 valence electrons. The van der Waals surface area contributed by atoms with Crippen LogP contribution in [0.25, 0.3) is 71.7 Å². The fourth-order valence-corrected chi connectivity index (χ4v) is 6.56. The van der Waals surface area contributed by atoms with E-state index < -0.39 is 24.2 Å². The highest BCUT2D eigenvalue weighted by molar-refractivity contribution is 6.12. The third kappa shape index (κ3) is 3.08. The topological polar surface area (TPSA) is 36.9 Å². The Morgan fingerprint density at radius 1 is 0.558 bits per heavy atom. The van der Waals surface area contributed by atoms with Gasteiger partial charge in [0.05, 0.1) is 49.8 Å². The third-order valence-electron chi connectivity index (χ3n) is 8.40. The van der Waals surface area contributed by atoms with Crippen molar-refractivity contribution < 1.29 is 15.7 Å². The summed E-state index contributed by atoms with van der Waals surface area (Å²) in [6, 6.07) is 25.2. The summed E-state index contributed by atoms with van der Waals surface area (Å²) < 4.78 is 80.9. The largest absolute Gasteiger partial charge is 0.459 e. The summed E-state index contributed by atoms with van der Waals surface area (Å²) in [4.78, 5) is 4.76. The average molecular weight is 561 g/mol. The molecule has 1 aliphatic rings. The molecular formula is C38H24N4O. The van der Waals surface area contributed by atoms with Crippen LogP contribution in [0.15, 0.2) is 133 Å². The first-order valence-electron chi connectivity index (χ1n) is 17.9. The van der Waals surface area contributed by atoms with E-state index in [-0.39, 0.29) is 46.0 Å². The van der Waals surface area contributed by atoms with Crippen LogP contribution in [0.1, 0.15) is 16.5 Å². The number of fused-ring (bicyclic) bond motifs is 11. The van der Waals surface area contributed by atoms with Gasteiger partial charge in [-0.3, -0.25) is 4.57 Å². The van der Waals surface area contributed by atoms with E-state index in [0.29, 0.717) is 18.3 Å². The summed E-state index contributed by atoms with van der Waals surface area (Å²) in [7, 11) is 0. The molecule has 9 aromatic rings. The lowest BCUT2D eigenvalue weighted by Crippen LogP contribution is -2.12. The van der Waals surface area contributed by atoms with E-state index >= 15 is 0 Å². The zero-order valence-corrected chi connectivity index (χ0v) is 22.5. The SMILES string of the molecule is [2H]c1c([2H])c([2H])c2c(c1[2H])c1c([2H])c([2H])c([2H])c([2H])c1n2-c1ccc2c(c1)c1ccccc1n2-c1ccc2nc3n(c2c1)-c1ccccc1CO3. The van der Waals surface area contributed by atoms with Gasteiger partial charge in [-0.05, 0) is 60.6 Å². The van der Waals surface area contributed by atoms with Crippen LogP contribution in [0.4, 0.5) is 0 Å². The molecule has 0 bridgehead atoms. The Hall–Kier alpha value is -5.81. The number of aromatic nitrogens is 4. The quantitative estimate of drug-likeness (QED) is 0.211. The number of nitrogens with zero attached hydrogens (tertiary/aromatic N) is 4. The maximum atomic E-state index is 8.92. The normalized spacial score (nSPS) is 15.3. The monoisotopic (exact) mass is 560 g/mol. The maximum Gasteiger partial charge on any atom is 0.302 e. The van der Waals surface area contributed by atoms with Gasteiger partial charge >= 0.3 is 6.01 Å². The molecule has 0 saturated carbocycles. The summed E-state index contributed by atoms with van der Waals surface area (Å²) in [6.45, 7) is 0.448. The number of para-hydroxylation sites is 4. The molecule has 1 aliphatic heterocycles. The van der Waals surface area contributed by atoms with Crippen molar-refractivity contribution in [3.63, 3.8) is 0 Å². The van der Waals surface area contributed by atoms with Crippen molar-refractivity contribution in [3.8, 4) is 23.1 Å². The second-order valence-electron chi connectivity index (χ2n) is 10.7. The molecular weight excluding hydrogens is 528 g/mol. The molecule has 5 heteroatoms. The van der Waals surface area contributed by atoms with E-state index in [1.54, 1.807) is 4.57 Å². The van der Waals surface area contributed by atoms with Crippen molar-refractivity contribution in [1.29, 1.82) is 0 Å². The van der Waals surface area contributed by atoms with Gasteiger partial charge in [-0.15, -0.1) is 0 Å². The zero-order chi connectivity index (χ0) is 35.0. The van der Waals surface area contributed by atoms with Gasteiger partial charge in [-0.1, -0.05) is 72.7 Å². The maximum absolute atomic E-state index is 8.92. The number of hydrogen-bond donors (Lipinski definition) is 0. The second kappa shape index (κ2) is 8.37. The molecule has 10 rings (SSSR count). The summed E-state index contributed by atoms with van der Waals surface area (Å²) >= 11 is 0. The van der Waals surface area contributed by atoms with Crippen LogP contribution in [-0.4, -0.2) is 18.7 Å². The van der Waals surface area contributed by atoms with Gasteiger partial charge in [-0.25, -0.2) is 0 Å². The number of benzene rings is 6. The summed E-state index contributed by atoms with van der Waals surface area (Å²) in [5.74, 6) is 0. The standard InChI is InChI=1S/C38H24N4O/c1-5-13-32-24(9-1)23-43-38-39-31-19-17-26(22-37(31)42(32)38)41-35-16-8-4-12-29(35)30-21-25(18-20-36(30)41)40-33-14-6-2-10-27(33)28-11-3-7-15-34(28)40/h1-22H,23H2/i2D,3D,6D,7D,10D,11D,14D,15D. The summed E-state index contributed by atoms with van der Waals surface area (Å²) in [5, 5.41) is 1.88. The fourth-order valence-electron chi connectivity index (χ4n) is 6.56. The van der Waals surface area contributed by atoms with Crippen LogP contribution in [0.5, 0.6) is 6.01 Å². The Morgan fingerprint density at radius 2 is 1.23 bits per heavy atom. The first-order chi connectivity index (χ1) is 24.7. The lowest BCUT2D eigenvalue weighted by atomic mass is 10.1. The first-order valence-corrected chi connectivity index (χ1v) is 13.9. The molecule has 0 spiro atoms. The van der Waals surface area contributed by atoms with Crippen LogP contribution >= 0.6 is 0 Å². The number of ether oxygens (including phenoxy) is 1. The van der Waals surface area contributed by atoms with Gasteiger partial charge in [0.15, 0.2) is 0 Å². The van der Waals surface area contributed by atoms with Crippen molar-refractivity contribution >= 4 is 54.6 Å². The first kappa shape index (κ1) is 16.6. The average Bonchev–Trinajstić information content (AvgIpc) is 3.82. The fraction of sp³-hybridized carbons (Fsp3) is 0.0263. The molecule has 0 unspecified atom stereocenters. The minimum Gasteiger partial charge on any atom is -0.459 e. The number of imidazole rings is 1. The number of hydrogen-bond acceptors (Lipinski definition) is 2. The highest BCUT2D eigenvalue weighted by Gasteiger charge is 2.22. The van der Waals surface area contributed by atoms with Crippen LogP contribution in [0.3, 0.4) is 0 Å². The lowest BCUT2D eigenvalue weighted by Gasteiger charge is -2.19. The molecule has 0 radical (unpaired) electrons. The van der Waals surface area contributed by atoms with E-state index in [4.69, 9.17) is 20.7 Å². The van der Waals surface area contributed by atoms with E-state index in [0.717, 1.165) is 49.8 Å². The molecule has 6 aromatic carbocycles. The van der Waals surface area contributed by atoms with Crippen molar-refractivity contribution in [1.82, 2.24) is 18.7 Å². The smallest absolute Gasteiger partial charge is 0.302 e. The molecule has 0 N–H and O–H groups in total. The van der Waals surface area contributed by atoms with E-state index in [1.165, 1.54) is 0 Å². The Bertz CT molecular complexity index is 2960. The predicted molar refractivity (Wildman–Crippen MR) is 174 cm³/mol. The molecule has 0 atom stereocenters. The Balaban J connectivity index is 1.27. The second-order valence-corrected chi connectivity index (χ2v) is 10.7. The van der Waals surface area contributed by atoms with E-state index in [9.17, 15) is 0 Å². The molecule has 0 saturated heterocycles. The van der Waals surface area contributed by atoms with Crippen molar-refractivity contribution in [3.05, 3.63) is 139 Å². The van der Waals surface area contributed by atoms with Gasteiger partial charge in [0, 0.05) is 38.5 Å². The molecule has 0 aliphatic carbocycles. The van der Waals surface area contributed by atoms with Gasteiger partial charge in [0.2, 0.25) is 0 Å². The molecule has 3 aromatic heterocycles. The van der Waals surface area contributed by atoms with Crippen LogP contribution in [-0.2, 0) is 6.61 Å². The highest BCUT2D eigenvalue weighted by Crippen LogP contribution is 2.38. The summed E-state index contributed by atoms with van der Waals surface area (Å²) in [5.41, 5.74) is 7.16. The minimum absolute atomic E-state index is 0.0496. The predicted octanol–water partition coefficient (Wildman–Crippen LogP) is 9.11. The van der Waals surface area contributed by atoms with Gasteiger partial charge in [0.25, 0.3) is 0 Å². The van der Waals surface area contributed by atoms with Crippen LogP contribution < -0.4 is 4.74 Å². The van der Waals surface area contributed by atoms with Crippen LogP contribution in [0.2, 0.25) is 0 Å². The molecule has 0 fully saturated rings. The van der Waals surface area contributed by atoms with Crippen molar-refractivity contribution in [2.45, 2.75) is 6.61 Å². The van der Waals surface area contributed by atoms with Gasteiger partial charge < -0.3 is 13.9 Å². The Kier molecular flexibility index (Phi) is 3.23. The Labute approximate surface area is 257 Å². The lowest BCUT2D eigenvalue weighted by molar-refractivity contribution is 0.265. The summed E-state index contributed by atoms with van der Waals surface area (Å²) in [6.07, 6.45) is 0. The number of rotatable bonds is 2. The van der Waals surface area contributed by atoms with Crippen molar-refractivity contribution in [2.24, 2.45) is 0 Å². The zero-order valence-electron chi connectivity index (χ0n) is 30.5. The minimum atomic E-state index is -0.469. The molecule has 43 heavy (non-hydrogen) atoms. The molecule has 5 nitrogen and oxygen atoms in total. The van der Waals surface area contributed by atoms with E-state index in [2.05, 4.69) is 16.7 Å². The van der Waals surface area contributed by atoms with E-state index in [1.807, 2.05) is 77.4 Å². The van der Waals surface area contributed by atoms with Crippen molar-refractivity contribution in [2.75, 3.05) is 0 Å². The highest BCUT2D eigenvalue weighted by atomic mass is 16.5. The van der Waals surface area contributed by atoms with Crippen LogP contribution in [0, 0.1) is 0 Å². The van der Waals surface area contributed by atoms with Gasteiger partial charge in [-0.2, -0.15) is 4.98 Å².